The van der Waals surface area contributed by atoms with Crippen molar-refractivity contribution in [2.24, 2.45) is 5.92 Å². The fraction of sp³-hybridized carbons (Fsp3) is 0.219. The number of rotatable bonds is 9. The van der Waals surface area contributed by atoms with Gasteiger partial charge in [-0.1, -0.05) is 56.3 Å². The van der Waals surface area contributed by atoms with Crippen molar-refractivity contribution in [2.45, 2.75) is 26.4 Å². The molecule has 2 aliphatic heterocycles. The zero-order valence-electron chi connectivity index (χ0n) is 23.5. The van der Waals surface area contributed by atoms with Crippen LogP contribution in [-0.4, -0.2) is 52.8 Å². The van der Waals surface area contributed by atoms with Crippen LogP contribution in [0, 0.1) is 5.92 Å². The highest BCUT2D eigenvalue weighted by Gasteiger charge is 2.40. The van der Waals surface area contributed by atoms with Crippen molar-refractivity contribution in [3.05, 3.63) is 88.7 Å². The summed E-state index contributed by atoms with van der Waals surface area (Å²) >= 11 is 1.38. The number of Topliss-reactive ketones (excluding diaryl/α,β-unsaturated/α-hetero) is 1. The molecular formula is C32H28N4O6S. The van der Waals surface area contributed by atoms with Gasteiger partial charge < -0.3 is 19.7 Å². The summed E-state index contributed by atoms with van der Waals surface area (Å²) in [5, 5.41) is 5.44. The summed E-state index contributed by atoms with van der Waals surface area (Å²) in [6.07, 6.45) is 0. The zero-order valence-corrected chi connectivity index (χ0v) is 24.3. The summed E-state index contributed by atoms with van der Waals surface area (Å²) in [4.78, 5) is 60.8. The standard InChI is InChI=1S/C32H28N4O6S/c1-19(2)29(31(39)33-21-12-13-25-26(14-21)42-18-41-25)36(15-27-34-23(17-43-27)20-8-4-3-5-9-20)28(37)16-35-24-11-7-6-10-22(24)30(38)32(35)40/h3-14,17,19,29H,15-16,18H2,1-2H3,(H,33,39). The van der Waals surface area contributed by atoms with Crippen LogP contribution in [-0.2, 0) is 20.9 Å². The van der Waals surface area contributed by atoms with E-state index >= 15 is 0 Å². The number of hydrogen-bond donors (Lipinski definition) is 1. The van der Waals surface area contributed by atoms with Crippen LogP contribution in [0.1, 0.15) is 29.2 Å². The number of ketones is 1. The molecule has 0 saturated heterocycles. The number of anilines is 2. The van der Waals surface area contributed by atoms with E-state index in [4.69, 9.17) is 14.5 Å². The van der Waals surface area contributed by atoms with Crippen LogP contribution in [0.2, 0.25) is 0 Å². The molecule has 3 heterocycles. The van der Waals surface area contributed by atoms with E-state index in [1.807, 2.05) is 49.6 Å². The van der Waals surface area contributed by atoms with Gasteiger partial charge in [0, 0.05) is 22.7 Å². The first-order valence-corrected chi connectivity index (χ1v) is 14.6. The van der Waals surface area contributed by atoms with Gasteiger partial charge in [0.15, 0.2) is 11.5 Å². The predicted molar refractivity (Wildman–Crippen MR) is 161 cm³/mol. The van der Waals surface area contributed by atoms with E-state index in [-0.39, 0.29) is 24.8 Å². The van der Waals surface area contributed by atoms with Crippen LogP contribution in [0.5, 0.6) is 11.5 Å². The third-order valence-electron chi connectivity index (χ3n) is 7.30. The van der Waals surface area contributed by atoms with Gasteiger partial charge in [-0.3, -0.25) is 24.1 Å². The molecule has 0 fully saturated rings. The Balaban J connectivity index is 1.31. The van der Waals surface area contributed by atoms with Gasteiger partial charge in [0.2, 0.25) is 18.6 Å². The third-order valence-corrected chi connectivity index (χ3v) is 8.13. The number of fused-ring (bicyclic) bond motifs is 2. The second-order valence-corrected chi connectivity index (χ2v) is 11.4. The number of carbonyl (C=O) groups is 4. The topological polar surface area (TPSA) is 118 Å². The number of carbonyl (C=O) groups excluding carboxylic acids is 4. The Kier molecular flexibility index (Phi) is 7.64. The quantitative estimate of drug-likeness (QED) is 0.277. The van der Waals surface area contributed by atoms with E-state index in [9.17, 15) is 19.2 Å². The van der Waals surface area contributed by atoms with E-state index in [1.54, 1.807) is 42.5 Å². The second kappa shape index (κ2) is 11.7. The molecule has 1 N–H and O–H groups in total. The molecule has 1 aromatic heterocycles. The van der Waals surface area contributed by atoms with Crippen LogP contribution in [0.15, 0.2) is 78.2 Å². The van der Waals surface area contributed by atoms with Gasteiger partial charge in [-0.05, 0) is 30.2 Å². The molecule has 6 rings (SSSR count). The number of hydrogen-bond acceptors (Lipinski definition) is 8. The van der Waals surface area contributed by atoms with E-state index < -0.39 is 36.1 Å². The maximum atomic E-state index is 14.1. The van der Waals surface area contributed by atoms with Crippen LogP contribution in [0.25, 0.3) is 11.3 Å². The third kappa shape index (κ3) is 5.59. The van der Waals surface area contributed by atoms with Gasteiger partial charge in [0.05, 0.1) is 23.5 Å². The lowest BCUT2D eigenvalue weighted by Gasteiger charge is -2.34. The Morgan fingerprint density at radius 2 is 1.74 bits per heavy atom. The normalized spacial score (nSPS) is 14.2. The van der Waals surface area contributed by atoms with Gasteiger partial charge in [-0.15, -0.1) is 11.3 Å². The van der Waals surface area contributed by atoms with Gasteiger partial charge in [0.25, 0.3) is 11.7 Å². The maximum absolute atomic E-state index is 14.1. The first kappa shape index (κ1) is 28.1. The number of ether oxygens (including phenoxy) is 2. The monoisotopic (exact) mass is 596 g/mol. The minimum atomic E-state index is -0.925. The van der Waals surface area contributed by atoms with Crippen molar-refractivity contribution in [1.29, 1.82) is 0 Å². The molecule has 1 atom stereocenters. The van der Waals surface area contributed by atoms with Gasteiger partial charge in [-0.2, -0.15) is 0 Å². The molecular weight excluding hydrogens is 568 g/mol. The number of benzene rings is 3. The Morgan fingerprint density at radius 3 is 2.53 bits per heavy atom. The summed E-state index contributed by atoms with van der Waals surface area (Å²) in [7, 11) is 0. The van der Waals surface area contributed by atoms with Crippen molar-refractivity contribution >= 4 is 46.2 Å². The van der Waals surface area contributed by atoms with Crippen molar-refractivity contribution in [1.82, 2.24) is 9.88 Å². The predicted octanol–water partition coefficient (Wildman–Crippen LogP) is 4.76. The second-order valence-electron chi connectivity index (χ2n) is 10.5. The largest absolute Gasteiger partial charge is 0.454 e. The van der Waals surface area contributed by atoms with Crippen LogP contribution in [0.3, 0.4) is 0 Å². The van der Waals surface area contributed by atoms with Gasteiger partial charge >= 0.3 is 0 Å². The molecule has 2 aliphatic rings. The molecule has 11 heteroatoms. The molecule has 3 aromatic carbocycles. The molecule has 0 spiro atoms. The highest BCUT2D eigenvalue weighted by atomic mass is 32.1. The summed E-state index contributed by atoms with van der Waals surface area (Å²) in [5.74, 6) is -1.56. The lowest BCUT2D eigenvalue weighted by molar-refractivity contribution is -0.140. The van der Waals surface area contributed by atoms with Crippen LogP contribution < -0.4 is 19.7 Å². The van der Waals surface area contributed by atoms with Crippen LogP contribution in [0.4, 0.5) is 11.4 Å². The summed E-state index contributed by atoms with van der Waals surface area (Å²) in [6, 6.07) is 20.4. The molecule has 0 aliphatic carbocycles. The number of aromatic nitrogens is 1. The van der Waals surface area contributed by atoms with Gasteiger partial charge in [0.1, 0.15) is 17.6 Å². The molecule has 10 nitrogen and oxygen atoms in total. The number of amides is 3. The molecule has 0 bridgehead atoms. The minimum Gasteiger partial charge on any atom is -0.454 e. The number of nitrogens with one attached hydrogen (secondary N) is 1. The zero-order chi connectivity index (χ0) is 30.1. The molecule has 1 unspecified atom stereocenters. The van der Waals surface area contributed by atoms with Crippen molar-refractivity contribution in [3.8, 4) is 22.8 Å². The SMILES string of the molecule is CC(C)C(C(=O)Nc1ccc2c(c1)OCO2)N(Cc1nc(-c2ccccc2)cs1)C(=O)CN1C(=O)C(=O)c2ccccc21. The summed E-state index contributed by atoms with van der Waals surface area (Å²) in [6.45, 7) is 3.43. The smallest absolute Gasteiger partial charge is 0.299 e. The average molecular weight is 597 g/mol. The molecule has 0 radical (unpaired) electrons. The first-order valence-electron chi connectivity index (χ1n) is 13.7. The van der Waals surface area contributed by atoms with Gasteiger partial charge in [-0.25, -0.2) is 4.98 Å². The average Bonchev–Trinajstić information content (AvgIpc) is 3.73. The lowest BCUT2D eigenvalue weighted by Crippen LogP contribution is -2.53. The maximum Gasteiger partial charge on any atom is 0.299 e. The number of thiazole rings is 1. The molecule has 43 heavy (non-hydrogen) atoms. The van der Waals surface area contributed by atoms with E-state index in [0.717, 1.165) is 11.3 Å². The molecule has 218 valence electrons. The van der Waals surface area contributed by atoms with Crippen molar-refractivity contribution in [3.63, 3.8) is 0 Å². The fourth-order valence-electron chi connectivity index (χ4n) is 5.24. The first-order chi connectivity index (χ1) is 20.8. The number of nitrogens with zero attached hydrogens (tertiary/aromatic N) is 3. The lowest BCUT2D eigenvalue weighted by atomic mass is 10.0. The van der Waals surface area contributed by atoms with Crippen molar-refractivity contribution in [2.75, 3.05) is 23.6 Å². The van der Waals surface area contributed by atoms with Crippen LogP contribution >= 0.6 is 11.3 Å². The van der Waals surface area contributed by atoms with Crippen molar-refractivity contribution < 1.29 is 28.7 Å². The highest BCUT2D eigenvalue weighted by molar-refractivity contribution is 7.09. The van der Waals surface area contributed by atoms with E-state index in [2.05, 4.69) is 5.32 Å². The summed E-state index contributed by atoms with van der Waals surface area (Å²) < 4.78 is 10.8. The van der Waals surface area contributed by atoms with E-state index in [0.29, 0.717) is 27.9 Å². The molecule has 4 aromatic rings. The molecule has 3 amide bonds. The van der Waals surface area contributed by atoms with E-state index in [1.165, 1.54) is 21.1 Å². The molecule has 0 saturated carbocycles. The summed E-state index contributed by atoms with van der Waals surface area (Å²) in [5.41, 5.74) is 2.80. The minimum absolute atomic E-state index is 0.0331. The number of para-hydroxylation sites is 1. The highest BCUT2D eigenvalue weighted by Crippen LogP contribution is 2.35. The fourth-order valence-corrected chi connectivity index (χ4v) is 6.04. The Bertz CT molecular complexity index is 1720. The Hall–Kier alpha value is -5.03. The Morgan fingerprint density at radius 1 is 1.00 bits per heavy atom. The Labute approximate surface area is 251 Å².